The number of benzene rings is 2. The van der Waals surface area contributed by atoms with Gasteiger partial charge in [-0.2, -0.15) is 0 Å². The SMILES string of the molecule is COCc1ccccc1CNc1ccc(CN(C)C)cc1. The van der Waals surface area contributed by atoms with Gasteiger partial charge in [-0.05, 0) is 42.9 Å². The molecule has 0 aliphatic rings. The van der Waals surface area contributed by atoms with Gasteiger partial charge in [-0.25, -0.2) is 0 Å². The molecule has 2 aromatic carbocycles. The molecule has 0 atom stereocenters. The van der Waals surface area contributed by atoms with E-state index in [9.17, 15) is 0 Å². The normalized spacial score (nSPS) is 10.9. The van der Waals surface area contributed by atoms with Crippen LogP contribution < -0.4 is 5.32 Å². The van der Waals surface area contributed by atoms with Gasteiger partial charge in [-0.3, -0.25) is 0 Å². The van der Waals surface area contributed by atoms with Crippen molar-refractivity contribution < 1.29 is 4.74 Å². The summed E-state index contributed by atoms with van der Waals surface area (Å²) in [6, 6.07) is 17.0. The molecule has 2 rings (SSSR count). The fraction of sp³-hybridized carbons (Fsp3) is 0.333. The van der Waals surface area contributed by atoms with Gasteiger partial charge in [-0.15, -0.1) is 0 Å². The zero-order valence-corrected chi connectivity index (χ0v) is 13.1. The average molecular weight is 284 g/mol. The van der Waals surface area contributed by atoms with Crippen LogP contribution in [0.1, 0.15) is 16.7 Å². The zero-order chi connectivity index (χ0) is 15.1. The van der Waals surface area contributed by atoms with Crippen LogP contribution in [0.4, 0.5) is 5.69 Å². The van der Waals surface area contributed by atoms with Crippen LogP contribution in [0.2, 0.25) is 0 Å². The molecular weight excluding hydrogens is 260 g/mol. The van der Waals surface area contributed by atoms with Gasteiger partial charge in [0.05, 0.1) is 6.61 Å². The summed E-state index contributed by atoms with van der Waals surface area (Å²) in [5.41, 5.74) is 4.98. The van der Waals surface area contributed by atoms with E-state index in [1.54, 1.807) is 7.11 Å². The first-order chi connectivity index (χ1) is 10.2. The third-order valence-corrected chi connectivity index (χ3v) is 3.35. The molecule has 112 valence electrons. The number of nitrogens with zero attached hydrogens (tertiary/aromatic N) is 1. The Balaban J connectivity index is 1.96. The maximum absolute atomic E-state index is 5.24. The summed E-state index contributed by atoms with van der Waals surface area (Å²) >= 11 is 0. The summed E-state index contributed by atoms with van der Waals surface area (Å²) in [5.74, 6) is 0. The summed E-state index contributed by atoms with van der Waals surface area (Å²) in [5, 5.41) is 3.47. The molecule has 0 saturated heterocycles. The van der Waals surface area contributed by atoms with Crippen LogP contribution in [-0.4, -0.2) is 26.1 Å². The van der Waals surface area contributed by atoms with E-state index in [0.717, 1.165) is 18.8 Å². The van der Waals surface area contributed by atoms with Gasteiger partial charge in [0.2, 0.25) is 0 Å². The second kappa shape index (κ2) is 7.81. The van der Waals surface area contributed by atoms with Crippen LogP contribution in [0.25, 0.3) is 0 Å². The quantitative estimate of drug-likeness (QED) is 0.842. The highest BCUT2D eigenvalue weighted by molar-refractivity contribution is 5.45. The average Bonchev–Trinajstić information content (AvgIpc) is 2.48. The Kier molecular flexibility index (Phi) is 5.78. The van der Waals surface area contributed by atoms with Gasteiger partial charge in [0.15, 0.2) is 0 Å². The second-order valence-electron chi connectivity index (χ2n) is 5.49. The summed E-state index contributed by atoms with van der Waals surface area (Å²) in [4.78, 5) is 2.17. The third kappa shape index (κ3) is 4.88. The predicted octanol–water partition coefficient (Wildman–Crippen LogP) is 3.51. The van der Waals surface area contributed by atoms with E-state index in [1.807, 2.05) is 6.07 Å². The van der Waals surface area contributed by atoms with E-state index >= 15 is 0 Å². The largest absolute Gasteiger partial charge is 0.381 e. The number of hydrogen-bond donors (Lipinski definition) is 1. The molecule has 1 N–H and O–H groups in total. The van der Waals surface area contributed by atoms with Crippen molar-refractivity contribution >= 4 is 5.69 Å². The Labute approximate surface area is 127 Å². The number of rotatable bonds is 7. The first kappa shape index (κ1) is 15.5. The van der Waals surface area contributed by atoms with Crippen molar-refractivity contribution in [3.05, 3.63) is 65.2 Å². The zero-order valence-electron chi connectivity index (χ0n) is 13.1. The van der Waals surface area contributed by atoms with Crippen molar-refractivity contribution in [3.63, 3.8) is 0 Å². The van der Waals surface area contributed by atoms with E-state index in [0.29, 0.717) is 6.61 Å². The van der Waals surface area contributed by atoms with Crippen molar-refractivity contribution in [2.45, 2.75) is 19.7 Å². The highest BCUT2D eigenvalue weighted by atomic mass is 16.5. The molecule has 2 aromatic rings. The van der Waals surface area contributed by atoms with E-state index in [1.165, 1.54) is 16.7 Å². The van der Waals surface area contributed by atoms with E-state index in [4.69, 9.17) is 4.74 Å². The summed E-state index contributed by atoms with van der Waals surface area (Å²) in [7, 11) is 5.89. The van der Waals surface area contributed by atoms with Crippen LogP contribution in [0.15, 0.2) is 48.5 Å². The minimum absolute atomic E-state index is 0.652. The Morgan fingerprint density at radius 2 is 1.62 bits per heavy atom. The van der Waals surface area contributed by atoms with Gasteiger partial charge in [0, 0.05) is 25.9 Å². The van der Waals surface area contributed by atoms with Crippen LogP contribution in [0.3, 0.4) is 0 Å². The lowest BCUT2D eigenvalue weighted by atomic mass is 10.1. The van der Waals surface area contributed by atoms with Crippen LogP contribution >= 0.6 is 0 Å². The van der Waals surface area contributed by atoms with Gasteiger partial charge < -0.3 is 15.0 Å². The summed E-state index contributed by atoms with van der Waals surface area (Å²) in [6.07, 6.45) is 0. The van der Waals surface area contributed by atoms with Gasteiger partial charge in [0.1, 0.15) is 0 Å². The number of methoxy groups -OCH3 is 1. The Morgan fingerprint density at radius 3 is 2.24 bits per heavy atom. The number of ether oxygens (including phenoxy) is 1. The standard InChI is InChI=1S/C18H24N2O/c1-20(2)13-15-8-10-18(11-9-15)19-12-16-6-4-5-7-17(16)14-21-3/h4-11,19H,12-14H2,1-3H3. The Bertz CT molecular complexity index is 549. The molecule has 0 bridgehead atoms. The molecule has 0 saturated carbocycles. The molecule has 0 heterocycles. The Morgan fingerprint density at radius 1 is 0.952 bits per heavy atom. The third-order valence-electron chi connectivity index (χ3n) is 3.35. The van der Waals surface area contributed by atoms with Crippen molar-refractivity contribution in [2.24, 2.45) is 0 Å². The molecule has 3 nitrogen and oxygen atoms in total. The molecule has 21 heavy (non-hydrogen) atoms. The monoisotopic (exact) mass is 284 g/mol. The lowest BCUT2D eigenvalue weighted by molar-refractivity contribution is 0.184. The molecule has 0 aromatic heterocycles. The van der Waals surface area contributed by atoms with Crippen LogP contribution in [-0.2, 0) is 24.4 Å². The Hall–Kier alpha value is -1.84. The summed E-state index contributed by atoms with van der Waals surface area (Å²) < 4.78 is 5.24. The number of nitrogens with one attached hydrogen (secondary N) is 1. The van der Waals surface area contributed by atoms with Crippen molar-refractivity contribution in [1.82, 2.24) is 4.90 Å². The smallest absolute Gasteiger partial charge is 0.0716 e. The summed E-state index contributed by atoms with van der Waals surface area (Å²) in [6.45, 7) is 2.43. The topological polar surface area (TPSA) is 24.5 Å². The van der Waals surface area contributed by atoms with Gasteiger partial charge >= 0.3 is 0 Å². The van der Waals surface area contributed by atoms with Crippen LogP contribution in [0.5, 0.6) is 0 Å². The molecule has 0 aliphatic heterocycles. The van der Waals surface area contributed by atoms with E-state index in [2.05, 4.69) is 66.8 Å². The predicted molar refractivity (Wildman–Crippen MR) is 88.3 cm³/mol. The number of anilines is 1. The maximum Gasteiger partial charge on any atom is 0.0716 e. The molecule has 0 aliphatic carbocycles. The molecule has 0 amide bonds. The first-order valence-electron chi connectivity index (χ1n) is 7.22. The van der Waals surface area contributed by atoms with E-state index < -0.39 is 0 Å². The molecular formula is C18H24N2O. The van der Waals surface area contributed by atoms with Gasteiger partial charge in [-0.1, -0.05) is 36.4 Å². The minimum atomic E-state index is 0.652. The van der Waals surface area contributed by atoms with E-state index in [-0.39, 0.29) is 0 Å². The van der Waals surface area contributed by atoms with Crippen LogP contribution in [0, 0.1) is 0 Å². The minimum Gasteiger partial charge on any atom is -0.381 e. The fourth-order valence-corrected chi connectivity index (χ4v) is 2.32. The molecule has 0 fully saturated rings. The lowest BCUT2D eigenvalue weighted by Crippen LogP contribution is -2.10. The second-order valence-corrected chi connectivity index (χ2v) is 5.49. The van der Waals surface area contributed by atoms with Gasteiger partial charge in [0.25, 0.3) is 0 Å². The number of hydrogen-bond acceptors (Lipinski definition) is 3. The van der Waals surface area contributed by atoms with Crippen molar-refractivity contribution in [1.29, 1.82) is 0 Å². The highest BCUT2D eigenvalue weighted by Gasteiger charge is 2.02. The highest BCUT2D eigenvalue weighted by Crippen LogP contribution is 2.15. The van der Waals surface area contributed by atoms with Crippen molar-refractivity contribution in [2.75, 3.05) is 26.5 Å². The molecule has 0 spiro atoms. The maximum atomic E-state index is 5.24. The lowest BCUT2D eigenvalue weighted by Gasteiger charge is -2.13. The van der Waals surface area contributed by atoms with Crippen molar-refractivity contribution in [3.8, 4) is 0 Å². The molecule has 3 heteroatoms. The first-order valence-corrected chi connectivity index (χ1v) is 7.22. The molecule has 0 unspecified atom stereocenters. The fourth-order valence-electron chi connectivity index (χ4n) is 2.32. The molecule has 0 radical (unpaired) electrons.